The zero-order valence-corrected chi connectivity index (χ0v) is 17.4. The van der Waals surface area contributed by atoms with E-state index in [1.165, 1.54) is 11.9 Å². The fourth-order valence-electron chi connectivity index (χ4n) is 3.59. The van der Waals surface area contributed by atoms with Crippen LogP contribution in [0.15, 0.2) is 52.0 Å². The number of anilines is 2. The fourth-order valence-corrected chi connectivity index (χ4v) is 4.03. The van der Waals surface area contributed by atoms with Gasteiger partial charge in [-0.1, -0.05) is 33.6 Å². The van der Waals surface area contributed by atoms with Gasteiger partial charge >= 0.3 is 0 Å². The predicted molar refractivity (Wildman–Crippen MR) is 111 cm³/mol. The zero-order chi connectivity index (χ0) is 20.2. The van der Waals surface area contributed by atoms with Crippen LogP contribution in [0, 0.1) is 12.8 Å². The van der Waals surface area contributed by atoms with Crippen LogP contribution in [0.2, 0.25) is 5.02 Å². The summed E-state index contributed by atoms with van der Waals surface area (Å²) in [6.45, 7) is 3.16. The second-order valence-corrected chi connectivity index (χ2v) is 8.00. The number of rotatable bonds is 3. The minimum absolute atomic E-state index is 0.0855. The van der Waals surface area contributed by atoms with Gasteiger partial charge in [-0.25, -0.2) is 4.90 Å². The highest BCUT2D eigenvalue weighted by Gasteiger charge is 2.58. The number of benzene rings is 2. The van der Waals surface area contributed by atoms with Crippen LogP contribution in [-0.2, 0) is 14.4 Å². The molecule has 0 N–H and O–H groups in total. The normalized spacial score (nSPS) is 21.2. The van der Waals surface area contributed by atoms with E-state index in [9.17, 15) is 14.4 Å². The fraction of sp³-hybridized carbons (Fsp3) is 0.200. The van der Waals surface area contributed by atoms with Gasteiger partial charge in [0.1, 0.15) is 17.7 Å². The van der Waals surface area contributed by atoms with E-state index in [0.717, 1.165) is 14.9 Å². The standard InChI is InChI=1S/C20H15BrClN3O3/c1-10-14(22)4-3-5-15(10)25-18-16(17(23-25)11(2)26)19(27)24(20(18)28)13-8-6-12(21)7-9-13/h3-9,16,18H,1-2H3/t16-,18+/m1/s1. The molecule has 2 aromatic rings. The van der Waals surface area contributed by atoms with Gasteiger partial charge in [-0.2, -0.15) is 5.10 Å². The Hall–Kier alpha value is -2.51. The summed E-state index contributed by atoms with van der Waals surface area (Å²) in [5.74, 6) is -2.15. The number of fused-ring (bicyclic) bond motifs is 1. The summed E-state index contributed by atoms with van der Waals surface area (Å²) in [4.78, 5) is 39.7. The summed E-state index contributed by atoms with van der Waals surface area (Å²) in [5.41, 5.74) is 1.86. The minimum Gasteiger partial charge on any atom is -0.293 e. The van der Waals surface area contributed by atoms with Gasteiger partial charge in [-0.3, -0.25) is 19.4 Å². The van der Waals surface area contributed by atoms with Gasteiger partial charge in [0.15, 0.2) is 5.78 Å². The number of nitrogens with zero attached hydrogens (tertiary/aromatic N) is 3. The van der Waals surface area contributed by atoms with E-state index in [0.29, 0.717) is 16.4 Å². The van der Waals surface area contributed by atoms with Crippen molar-refractivity contribution in [1.82, 2.24) is 0 Å². The molecular formula is C20H15BrClN3O3. The molecule has 0 radical (unpaired) electrons. The van der Waals surface area contributed by atoms with Crippen molar-refractivity contribution in [3.63, 3.8) is 0 Å². The van der Waals surface area contributed by atoms with Crippen LogP contribution in [0.4, 0.5) is 11.4 Å². The molecule has 0 bridgehead atoms. The summed E-state index contributed by atoms with van der Waals surface area (Å²) >= 11 is 9.57. The van der Waals surface area contributed by atoms with Crippen molar-refractivity contribution in [3.05, 3.63) is 57.5 Å². The Morgan fingerprint density at radius 3 is 2.43 bits per heavy atom. The van der Waals surface area contributed by atoms with Gasteiger partial charge in [0, 0.05) is 16.4 Å². The highest BCUT2D eigenvalue weighted by molar-refractivity contribution is 9.10. The summed E-state index contributed by atoms with van der Waals surface area (Å²) in [5, 5.41) is 6.33. The van der Waals surface area contributed by atoms with Crippen LogP contribution < -0.4 is 9.91 Å². The highest BCUT2D eigenvalue weighted by atomic mass is 79.9. The third-order valence-corrected chi connectivity index (χ3v) is 5.92. The third-order valence-electron chi connectivity index (χ3n) is 4.98. The van der Waals surface area contributed by atoms with Crippen molar-refractivity contribution < 1.29 is 14.4 Å². The van der Waals surface area contributed by atoms with Gasteiger partial charge in [-0.05, 0) is 48.9 Å². The Balaban J connectivity index is 1.83. The third kappa shape index (κ3) is 2.77. The lowest BCUT2D eigenvalue weighted by Gasteiger charge is -2.24. The highest BCUT2D eigenvalue weighted by Crippen LogP contribution is 2.40. The van der Waals surface area contributed by atoms with Crippen molar-refractivity contribution >= 4 is 62.2 Å². The maximum Gasteiger partial charge on any atom is 0.259 e. The number of hydrogen-bond donors (Lipinski definition) is 0. The Morgan fingerprint density at radius 1 is 1.11 bits per heavy atom. The molecule has 8 heteroatoms. The molecule has 2 heterocycles. The largest absolute Gasteiger partial charge is 0.293 e. The second kappa shape index (κ2) is 6.83. The van der Waals surface area contributed by atoms with Crippen molar-refractivity contribution in [1.29, 1.82) is 0 Å². The quantitative estimate of drug-likeness (QED) is 0.655. The van der Waals surface area contributed by atoms with E-state index in [1.54, 1.807) is 42.5 Å². The lowest BCUT2D eigenvalue weighted by Crippen LogP contribution is -2.39. The number of hydrogen-bond acceptors (Lipinski definition) is 5. The van der Waals surface area contributed by atoms with E-state index in [-0.39, 0.29) is 11.5 Å². The smallest absolute Gasteiger partial charge is 0.259 e. The molecular weight excluding hydrogens is 446 g/mol. The van der Waals surface area contributed by atoms with Crippen LogP contribution >= 0.6 is 27.5 Å². The summed E-state index contributed by atoms with van der Waals surface area (Å²) in [6, 6.07) is 11.2. The summed E-state index contributed by atoms with van der Waals surface area (Å²) < 4.78 is 0.831. The van der Waals surface area contributed by atoms with Crippen LogP contribution in [0.5, 0.6) is 0 Å². The summed E-state index contributed by atoms with van der Waals surface area (Å²) in [7, 11) is 0. The van der Waals surface area contributed by atoms with Gasteiger partial charge in [-0.15, -0.1) is 0 Å². The molecule has 1 fully saturated rings. The molecule has 0 aromatic heterocycles. The molecule has 0 saturated carbocycles. The van der Waals surface area contributed by atoms with E-state index >= 15 is 0 Å². The Morgan fingerprint density at radius 2 is 1.79 bits per heavy atom. The topological polar surface area (TPSA) is 70.1 Å². The van der Waals surface area contributed by atoms with Crippen molar-refractivity contribution in [2.75, 3.05) is 9.91 Å². The zero-order valence-electron chi connectivity index (χ0n) is 15.0. The molecule has 1 saturated heterocycles. The van der Waals surface area contributed by atoms with Gasteiger partial charge < -0.3 is 0 Å². The number of amides is 2. The van der Waals surface area contributed by atoms with Crippen LogP contribution in [-0.4, -0.2) is 29.4 Å². The first-order valence-electron chi connectivity index (χ1n) is 8.58. The number of imide groups is 1. The molecule has 4 rings (SSSR count). The number of carbonyl (C=O) groups excluding carboxylic acids is 3. The molecule has 142 valence electrons. The number of Topliss-reactive ketones (excluding diaryl/α,β-unsaturated/α-hetero) is 1. The first kappa shape index (κ1) is 18.8. The lowest BCUT2D eigenvalue weighted by molar-refractivity contribution is -0.122. The number of halogens is 2. The minimum atomic E-state index is -0.938. The van der Waals surface area contributed by atoms with Crippen molar-refractivity contribution in [2.24, 2.45) is 11.0 Å². The SMILES string of the molecule is CC(=O)C1=NN(c2cccc(Cl)c2C)[C@@H]2C(=O)N(c3ccc(Br)cc3)C(=O)[C@H]12. The molecule has 2 amide bonds. The molecule has 0 unspecified atom stereocenters. The van der Waals surface area contributed by atoms with Gasteiger partial charge in [0.25, 0.3) is 5.91 Å². The number of carbonyl (C=O) groups is 3. The molecule has 2 atom stereocenters. The molecule has 2 aliphatic rings. The monoisotopic (exact) mass is 459 g/mol. The molecule has 6 nitrogen and oxygen atoms in total. The molecule has 28 heavy (non-hydrogen) atoms. The van der Waals surface area contributed by atoms with Crippen LogP contribution in [0.1, 0.15) is 12.5 Å². The van der Waals surface area contributed by atoms with Gasteiger partial charge in [0.05, 0.1) is 11.4 Å². The number of hydrazone groups is 1. The first-order chi connectivity index (χ1) is 13.3. The van der Waals surface area contributed by atoms with E-state index in [1.807, 2.05) is 6.92 Å². The van der Waals surface area contributed by atoms with Crippen molar-refractivity contribution in [3.8, 4) is 0 Å². The molecule has 0 aliphatic carbocycles. The first-order valence-corrected chi connectivity index (χ1v) is 9.75. The Kier molecular flexibility index (Phi) is 4.59. The average molecular weight is 461 g/mol. The lowest BCUT2D eigenvalue weighted by atomic mass is 9.95. The second-order valence-electron chi connectivity index (χ2n) is 6.68. The Bertz CT molecular complexity index is 1050. The van der Waals surface area contributed by atoms with Gasteiger partial charge in [0.2, 0.25) is 5.91 Å². The van der Waals surface area contributed by atoms with E-state index < -0.39 is 23.8 Å². The maximum atomic E-state index is 13.3. The molecule has 2 aromatic carbocycles. The van der Waals surface area contributed by atoms with Crippen LogP contribution in [0.25, 0.3) is 0 Å². The van der Waals surface area contributed by atoms with Crippen LogP contribution in [0.3, 0.4) is 0 Å². The molecule has 2 aliphatic heterocycles. The number of ketones is 1. The Labute approximate surface area is 174 Å². The molecule has 0 spiro atoms. The maximum absolute atomic E-state index is 13.3. The van der Waals surface area contributed by atoms with E-state index in [2.05, 4.69) is 21.0 Å². The van der Waals surface area contributed by atoms with Crippen molar-refractivity contribution in [2.45, 2.75) is 19.9 Å². The summed E-state index contributed by atoms with van der Waals surface area (Å²) in [6.07, 6.45) is 0. The average Bonchev–Trinajstić information content (AvgIpc) is 3.16. The predicted octanol–water partition coefficient (Wildman–Crippen LogP) is 3.73. The van der Waals surface area contributed by atoms with E-state index in [4.69, 9.17) is 11.6 Å².